The summed E-state index contributed by atoms with van der Waals surface area (Å²) < 4.78 is 16.7. The summed E-state index contributed by atoms with van der Waals surface area (Å²) in [6, 6.07) is 15.6. The molecule has 3 rings (SSSR count). The summed E-state index contributed by atoms with van der Waals surface area (Å²) in [4.78, 5) is 11.9. The number of amides is 1. The second-order valence-electron chi connectivity index (χ2n) is 6.35. The summed E-state index contributed by atoms with van der Waals surface area (Å²) in [5, 5.41) is 2.96. The van der Waals surface area contributed by atoms with Crippen LogP contribution >= 0.6 is 0 Å². The highest BCUT2D eigenvalue weighted by molar-refractivity contribution is 5.75. The predicted molar refractivity (Wildman–Crippen MR) is 100 cm³/mol. The molecule has 0 radical (unpaired) electrons. The molecule has 0 spiro atoms. The SMILES string of the molecule is CC(CCNC(=O)CCOc1ccccc1)c1ccc2c(c1)OCCO2. The van der Waals surface area contributed by atoms with Crippen LogP contribution in [0.15, 0.2) is 48.5 Å². The van der Waals surface area contributed by atoms with Crippen molar-refractivity contribution in [3.05, 3.63) is 54.1 Å². The Bertz CT molecular complexity index is 717. The first-order chi connectivity index (χ1) is 12.7. The van der Waals surface area contributed by atoms with Crippen molar-refractivity contribution < 1.29 is 19.0 Å². The molecule has 5 heteroatoms. The topological polar surface area (TPSA) is 56.8 Å². The molecular weight excluding hydrogens is 330 g/mol. The number of hydrogen-bond donors (Lipinski definition) is 1. The zero-order chi connectivity index (χ0) is 18.2. The third kappa shape index (κ3) is 5.15. The molecule has 0 saturated carbocycles. The number of hydrogen-bond acceptors (Lipinski definition) is 4. The van der Waals surface area contributed by atoms with E-state index in [1.165, 1.54) is 5.56 Å². The first-order valence-electron chi connectivity index (χ1n) is 9.06. The van der Waals surface area contributed by atoms with Crippen LogP contribution in [0.2, 0.25) is 0 Å². The molecule has 0 saturated heterocycles. The zero-order valence-corrected chi connectivity index (χ0v) is 15.1. The van der Waals surface area contributed by atoms with Crippen molar-refractivity contribution >= 4 is 5.91 Å². The van der Waals surface area contributed by atoms with Crippen LogP contribution < -0.4 is 19.5 Å². The average Bonchev–Trinajstić information content (AvgIpc) is 2.68. The van der Waals surface area contributed by atoms with Gasteiger partial charge in [-0.15, -0.1) is 0 Å². The molecule has 0 aromatic heterocycles. The Kier molecular flexibility index (Phi) is 6.36. The number of carbonyl (C=O) groups excluding carboxylic acids is 1. The van der Waals surface area contributed by atoms with Crippen molar-refractivity contribution in [1.82, 2.24) is 5.32 Å². The van der Waals surface area contributed by atoms with Gasteiger partial charge >= 0.3 is 0 Å². The van der Waals surface area contributed by atoms with Gasteiger partial charge in [0.2, 0.25) is 5.91 Å². The normalized spacial score (nSPS) is 13.7. The number of rotatable bonds is 8. The standard InChI is InChI=1S/C21H25NO4/c1-16(17-7-8-19-20(15-17)26-14-13-25-19)9-11-22-21(23)10-12-24-18-5-3-2-4-6-18/h2-8,15-16H,9-14H2,1H3,(H,22,23). The maximum atomic E-state index is 11.9. The van der Waals surface area contributed by atoms with Crippen molar-refractivity contribution in [2.24, 2.45) is 0 Å². The molecule has 2 aromatic carbocycles. The molecule has 5 nitrogen and oxygen atoms in total. The first-order valence-corrected chi connectivity index (χ1v) is 9.06. The van der Waals surface area contributed by atoms with Crippen molar-refractivity contribution in [2.45, 2.75) is 25.7 Å². The monoisotopic (exact) mass is 355 g/mol. The highest BCUT2D eigenvalue weighted by Gasteiger charge is 2.14. The molecule has 1 atom stereocenters. The van der Waals surface area contributed by atoms with Crippen LogP contribution in [0.4, 0.5) is 0 Å². The van der Waals surface area contributed by atoms with Gasteiger partial charge in [-0.25, -0.2) is 0 Å². The van der Waals surface area contributed by atoms with Gasteiger partial charge < -0.3 is 19.5 Å². The minimum absolute atomic E-state index is 0.00954. The molecular formula is C21H25NO4. The lowest BCUT2D eigenvalue weighted by Gasteiger charge is -2.20. The van der Waals surface area contributed by atoms with E-state index in [2.05, 4.69) is 18.3 Å². The van der Waals surface area contributed by atoms with Crippen LogP contribution in [0.3, 0.4) is 0 Å². The quantitative estimate of drug-likeness (QED) is 0.787. The summed E-state index contributed by atoms with van der Waals surface area (Å²) in [6.45, 7) is 4.36. The van der Waals surface area contributed by atoms with Gasteiger partial charge in [-0.05, 0) is 42.2 Å². The molecule has 1 aliphatic heterocycles. The number of carbonyl (C=O) groups is 1. The van der Waals surface area contributed by atoms with Gasteiger partial charge in [-0.1, -0.05) is 31.2 Å². The Hall–Kier alpha value is -2.69. The number of ether oxygens (including phenoxy) is 3. The highest BCUT2D eigenvalue weighted by atomic mass is 16.6. The fourth-order valence-electron chi connectivity index (χ4n) is 2.83. The van der Waals surface area contributed by atoms with E-state index in [9.17, 15) is 4.79 Å². The van der Waals surface area contributed by atoms with Crippen molar-refractivity contribution in [3.8, 4) is 17.2 Å². The van der Waals surface area contributed by atoms with Crippen molar-refractivity contribution in [1.29, 1.82) is 0 Å². The van der Waals surface area contributed by atoms with E-state index >= 15 is 0 Å². The van der Waals surface area contributed by atoms with Crippen molar-refractivity contribution in [2.75, 3.05) is 26.4 Å². The molecule has 1 aliphatic rings. The summed E-state index contributed by atoms with van der Waals surface area (Å²) >= 11 is 0. The molecule has 0 bridgehead atoms. The third-order valence-corrected chi connectivity index (χ3v) is 4.38. The van der Waals surface area contributed by atoms with Gasteiger partial charge in [0.05, 0.1) is 13.0 Å². The largest absolute Gasteiger partial charge is 0.493 e. The van der Waals surface area contributed by atoms with Crippen LogP contribution in [-0.4, -0.2) is 32.3 Å². The Balaban J connectivity index is 1.36. The molecule has 0 fully saturated rings. The third-order valence-electron chi connectivity index (χ3n) is 4.38. The summed E-state index contributed by atoms with van der Waals surface area (Å²) in [6.07, 6.45) is 1.22. The lowest BCUT2D eigenvalue weighted by Crippen LogP contribution is -2.26. The van der Waals surface area contributed by atoms with Crippen LogP contribution in [-0.2, 0) is 4.79 Å². The molecule has 138 valence electrons. The van der Waals surface area contributed by atoms with Gasteiger partial charge in [0.15, 0.2) is 11.5 Å². The van der Waals surface area contributed by atoms with Gasteiger partial charge in [-0.2, -0.15) is 0 Å². The number of nitrogens with one attached hydrogen (secondary N) is 1. The van der Waals surface area contributed by atoms with Gasteiger partial charge in [-0.3, -0.25) is 4.79 Å². The Morgan fingerprint density at radius 1 is 1.12 bits per heavy atom. The van der Waals surface area contributed by atoms with E-state index in [-0.39, 0.29) is 5.91 Å². The van der Waals surface area contributed by atoms with Gasteiger partial charge in [0, 0.05) is 6.54 Å². The average molecular weight is 355 g/mol. The second-order valence-corrected chi connectivity index (χ2v) is 6.35. The maximum absolute atomic E-state index is 11.9. The van der Waals surface area contributed by atoms with E-state index in [1.54, 1.807) is 0 Å². The molecule has 2 aromatic rings. The number of benzene rings is 2. The summed E-state index contributed by atoms with van der Waals surface area (Å²) in [5.74, 6) is 2.73. The molecule has 26 heavy (non-hydrogen) atoms. The molecule has 1 unspecified atom stereocenters. The predicted octanol–water partition coefficient (Wildman–Crippen LogP) is 3.54. The van der Waals surface area contributed by atoms with Crippen LogP contribution in [0.25, 0.3) is 0 Å². The minimum Gasteiger partial charge on any atom is -0.493 e. The number of fused-ring (bicyclic) bond motifs is 1. The highest BCUT2D eigenvalue weighted by Crippen LogP contribution is 2.33. The van der Waals surface area contributed by atoms with E-state index in [0.29, 0.717) is 38.7 Å². The van der Waals surface area contributed by atoms with E-state index < -0.39 is 0 Å². The lowest BCUT2D eigenvalue weighted by molar-refractivity contribution is -0.121. The fourth-order valence-corrected chi connectivity index (χ4v) is 2.83. The van der Waals surface area contributed by atoms with Crippen LogP contribution in [0.1, 0.15) is 31.2 Å². The van der Waals surface area contributed by atoms with Crippen LogP contribution in [0, 0.1) is 0 Å². The first kappa shape index (κ1) is 18.1. The van der Waals surface area contributed by atoms with Crippen LogP contribution in [0.5, 0.6) is 17.2 Å². The van der Waals surface area contributed by atoms with E-state index in [4.69, 9.17) is 14.2 Å². The molecule has 1 N–H and O–H groups in total. The Labute approximate surface area is 154 Å². The lowest BCUT2D eigenvalue weighted by atomic mass is 9.97. The fraction of sp³-hybridized carbons (Fsp3) is 0.381. The smallest absolute Gasteiger partial charge is 0.223 e. The zero-order valence-electron chi connectivity index (χ0n) is 15.1. The Morgan fingerprint density at radius 3 is 2.69 bits per heavy atom. The number of para-hydroxylation sites is 1. The molecule has 1 heterocycles. The van der Waals surface area contributed by atoms with Crippen molar-refractivity contribution in [3.63, 3.8) is 0 Å². The molecule has 1 amide bonds. The molecule has 0 aliphatic carbocycles. The van der Waals surface area contributed by atoms with Gasteiger partial charge in [0.1, 0.15) is 19.0 Å². The minimum atomic E-state index is 0.00954. The Morgan fingerprint density at radius 2 is 1.88 bits per heavy atom. The maximum Gasteiger partial charge on any atom is 0.223 e. The summed E-state index contributed by atoms with van der Waals surface area (Å²) in [7, 11) is 0. The van der Waals surface area contributed by atoms with E-state index in [1.807, 2.05) is 42.5 Å². The second kappa shape index (κ2) is 9.13. The summed E-state index contributed by atoms with van der Waals surface area (Å²) in [5.41, 5.74) is 1.19. The van der Waals surface area contributed by atoms with Gasteiger partial charge in [0.25, 0.3) is 0 Å². The van der Waals surface area contributed by atoms with E-state index in [0.717, 1.165) is 23.7 Å².